The van der Waals surface area contributed by atoms with Crippen LogP contribution in [0.1, 0.15) is 46.5 Å². The first-order valence-corrected chi connectivity index (χ1v) is 6.25. The number of carbonyl (C=O) groups is 3. The monoisotopic (exact) mass is 253 g/mol. The fourth-order valence-electron chi connectivity index (χ4n) is 1.58. The first kappa shape index (κ1) is 16.6. The first-order chi connectivity index (χ1) is 8.31. The van der Waals surface area contributed by atoms with Crippen molar-refractivity contribution < 1.29 is 14.4 Å². The number of carbonyl (C=O) groups excluding carboxylic acids is 3. The van der Waals surface area contributed by atoms with Crippen molar-refractivity contribution in [2.24, 2.45) is 0 Å². The van der Waals surface area contributed by atoms with Crippen LogP contribution < -0.4 is 0 Å². The van der Waals surface area contributed by atoms with Gasteiger partial charge in [-0.2, -0.15) is 0 Å². The van der Waals surface area contributed by atoms with Crippen molar-refractivity contribution in [3.8, 4) is 0 Å². The molecule has 0 aliphatic rings. The van der Waals surface area contributed by atoms with Crippen molar-refractivity contribution in [2.75, 3.05) is 14.1 Å². The zero-order valence-corrected chi connectivity index (χ0v) is 12.0. The molecule has 0 aromatic heterocycles. The Hall–Kier alpha value is -1.45. The van der Waals surface area contributed by atoms with Crippen LogP contribution in [-0.4, -0.2) is 36.5 Å². The largest absolute Gasteiger partial charge is 0.349 e. The summed E-state index contributed by atoms with van der Waals surface area (Å²) in [6.07, 6.45) is 1.79. The zero-order chi connectivity index (χ0) is 14.3. The average Bonchev–Trinajstić information content (AvgIpc) is 2.28. The predicted octanol–water partition coefficient (Wildman–Crippen LogP) is 2.13. The van der Waals surface area contributed by atoms with Gasteiger partial charge in [0, 0.05) is 32.5 Å². The van der Waals surface area contributed by atoms with Gasteiger partial charge in [0.25, 0.3) is 0 Å². The Morgan fingerprint density at radius 3 is 1.89 bits per heavy atom. The van der Waals surface area contributed by atoms with E-state index in [-0.39, 0.29) is 23.9 Å². The molecular formula is C14H23NO3. The smallest absolute Gasteiger partial charge is 0.222 e. The summed E-state index contributed by atoms with van der Waals surface area (Å²) in [4.78, 5) is 36.3. The van der Waals surface area contributed by atoms with Crippen LogP contribution in [0.3, 0.4) is 0 Å². The Morgan fingerprint density at radius 1 is 0.944 bits per heavy atom. The molecule has 0 atom stereocenters. The van der Waals surface area contributed by atoms with Gasteiger partial charge < -0.3 is 4.90 Å². The molecule has 4 heteroatoms. The molecule has 0 fully saturated rings. The summed E-state index contributed by atoms with van der Waals surface area (Å²) >= 11 is 0. The van der Waals surface area contributed by atoms with Gasteiger partial charge in [0.15, 0.2) is 11.6 Å². The molecule has 0 rings (SSSR count). The highest BCUT2D eigenvalue weighted by Gasteiger charge is 2.16. The van der Waals surface area contributed by atoms with Gasteiger partial charge in [0.05, 0.1) is 0 Å². The van der Waals surface area contributed by atoms with E-state index >= 15 is 0 Å². The van der Waals surface area contributed by atoms with Gasteiger partial charge in [-0.3, -0.25) is 14.4 Å². The second kappa shape index (κ2) is 7.80. The molecule has 0 saturated carbocycles. The minimum Gasteiger partial charge on any atom is -0.349 e. The van der Waals surface area contributed by atoms with Gasteiger partial charge >= 0.3 is 0 Å². The van der Waals surface area contributed by atoms with Crippen LogP contribution in [-0.2, 0) is 14.4 Å². The Labute approximate surface area is 109 Å². The molecule has 18 heavy (non-hydrogen) atoms. The number of hydrogen-bond acceptors (Lipinski definition) is 3. The molecule has 0 aromatic rings. The SMILES string of the molecule is CCCC(=O)/C(CCC(=O)N(C)C)=C(/C)C(C)=O. The number of allylic oxidation sites excluding steroid dienone is 2. The van der Waals surface area contributed by atoms with Crippen LogP contribution >= 0.6 is 0 Å². The van der Waals surface area contributed by atoms with E-state index in [9.17, 15) is 14.4 Å². The molecule has 0 spiro atoms. The molecule has 0 unspecified atom stereocenters. The number of nitrogens with zero attached hydrogens (tertiary/aromatic N) is 1. The highest BCUT2D eigenvalue weighted by atomic mass is 16.2. The number of Topliss-reactive ketones (excluding diaryl/α,β-unsaturated/α-hetero) is 2. The highest BCUT2D eigenvalue weighted by Crippen LogP contribution is 2.16. The summed E-state index contributed by atoms with van der Waals surface area (Å²) in [7, 11) is 3.36. The molecule has 0 aliphatic heterocycles. The van der Waals surface area contributed by atoms with Gasteiger partial charge in [-0.05, 0) is 32.3 Å². The van der Waals surface area contributed by atoms with E-state index in [1.165, 1.54) is 11.8 Å². The van der Waals surface area contributed by atoms with Crippen LogP contribution in [0.4, 0.5) is 0 Å². The molecule has 0 radical (unpaired) electrons. The molecule has 1 amide bonds. The number of amides is 1. The predicted molar refractivity (Wildman–Crippen MR) is 71.2 cm³/mol. The molecule has 0 bridgehead atoms. The lowest BCUT2D eigenvalue weighted by atomic mass is 9.95. The molecule has 0 heterocycles. The van der Waals surface area contributed by atoms with Gasteiger partial charge in [0.2, 0.25) is 5.91 Å². The minimum atomic E-state index is -0.105. The van der Waals surface area contributed by atoms with E-state index in [4.69, 9.17) is 0 Å². The fraction of sp³-hybridized carbons (Fsp3) is 0.643. The van der Waals surface area contributed by atoms with Crippen molar-refractivity contribution in [1.82, 2.24) is 4.90 Å². The van der Waals surface area contributed by atoms with Crippen LogP contribution in [0.25, 0.3) is 0 Å². The quantitative estimate of drug-likeness (QED) is 0.653. The topological polar surface area (TPSA) is 54.5 Å². The maximum absolute atomic E-state index is 11.9. The second-order valence-corrected chi connectivity index (χ2v) is 4.62. The van der Waals surface area contributed by atoms with E-state index in [0.29, 0.717) is 24.0 Å². The summed E-state index contributed by atoms with van der Waals surface area (Å²) < 4.78 is 0. The van der Waals surface area contributed by atoms with Crippen molar-refractivity contribution >= 4 is 17.5 Å². The third-order valence-corrected chi connectivity index (χ3v) is 2.88. The molecule has 102 valence electrons. The molecule has 0 N–H and O–H groups in total. The number of rotatable bonds is 7. The van der Waals surface area contributed by atoms with E-state index in [2.05, 4.69) is 0 Å². The summed E-state index contributed by atoms with van der Waals surface area (Å²) in [5.74, 6) is -0.156. The third kappa shape index (κ3) is 5.25. The van der Waals surface area contributed by atoms with E-state index < -0.39 is 0 Å². The van der Waals surface area contributed by atoms with Crippen molar-refractivity contribution in [2.45, 2.75) is 46.5 Å². The maximum Gasteiger partial charge on any atom is 0.222 e. The second-order valence-electron chi connectivity index (χ2n) is 4.62. The van der Waals surface area contributed by atoms with Gasteiger partial charge in [-0.1, -0.05) is 6.92 Å². The Morgan fingerprint density at radius 2 is 1.50 bits per heavy atom. The van der Waals surface area contributed by atoms with Crippen LogP contribution in [0, 0.1) is 0 Å². The first-order valence-electron chi connectivity index (χ1n) is 6.25. The number of ketones is 2. The summed E-state index contributed by atoms with van der Waals surface area (Å²) in [5.41, 5.74) is 1.000. The normalized spacial score (nSPS) is 11.8. The van der Waals surface area contributed by atoms with Gasteiger partial charge in [0.1, 0.15) is 0 Å². The maximum atomic E-state index is 11.9. The van der Waals surface area contributed by atoms with Crippen molar-refractivity contribution in [3.63, 3.8) is 0 Å². The summed E-state index contributed by atoms with van der Waals surface area (Å²) in [6, 6.07) is 0. The number of hydrogen-bond donors (Lipinski definition) is 0. The Bertz CT molecular complexity index is 367. The lowest BCUT2D eigenvalue weighted by molar-refractivity contribution is -0.128. The summed E-state index contributed by atoms with van der Waals surface area (Å²) in [6.45, 7) is 5.03. The molecule has 0 aromatic carbocycles. The molecule has 4 nitrogen and oxygen atoms in total. The van der Waals surface area contributed by atoms with Gasteiger partial charge in [-0.25, -0.2) is 0 Å². The fourth-order valence-corrected chi connectivity index (χ4v) is 1.58. The van der Waals surface area contributed by atoms with E-state index in [1.54, 1.807) is 21.0 Å². The standard InChI is InChI=1S/C14H23NO3/c1-6-7-13(17)12(10(2)11(3)16)8-9-14(18)15(4)5/h6-9H2,1-5H3/b12-10-. The van der Waals surface area contributed by atoms with E-state index in [0.717, 1.165) is 6.42 Å². The lowest BCUT2D eigenvalue weighted by Gasteiger charge is -2.12. The molecular weight excluding hydrogens is 230 g/mol. The Balaban J connectivity index is 4.91. The summed E-state index contributed by atoms with van der Waals surface area (Å²) in [5, 5.41) is 0. The molecule has 0 aliphatic carbocycles. The Kier molecular flexibility index (Phi) is 7.17. The third-order valence-electron chi connectivity index (χ3n) is 2.88. The van der Waals surface area contributed by atoms with Crippen molar-refractivity contribution in [3.05, 3.63) is 11.1 Å². The van der Waals surface area contributed by atoms with Crippen LogP contribution in [0.2, 0.25) is 0 Å². The van der Waals surface area contributed by atoms with E-state index in [1.807, 2.05) is 6.92 Å². The van der Waals surface area contributed by atoms with Crippen molar-refractivity contribution in [1.29, 1.82) is 0 Å². The lowest BCUT2D eigenvalue weighted by Crippen LogP contribution is -2.22. The average molecular weight is 253 g/mol. The molecule has 0 saturated heterocycles. The minimum absolute atomic E-state index is 0.0169. The highest BCUT2D eigenvalue weighted by molar-refractivity contribution is 6.05. The van der Waals surface area contributed by atoms with Crippen LogP contribution in [0.5, 0.6) is 0 Å². The van der Waals surface area contributed by atoms with Gasteiger partial charge in [-0.15, -0.1) is 0 Å². The zero-order valence-electron chi connectivity index (χ0n) is 12.0. The van der Waals surface area contributed by atoms with Crippen LogP contribution in [0.15, 0.2) is 11.1 Å².